The lowest BCUT2D eigenvalue weighted by atomic mass is 10.3. The normalized spacial score (nSPS) is 11.1. The fraction of sp³-hybridized carbons (Fsp3) is 0.154. The largest absolute Gasteiger partial charge is 0.478 e. The van der Waals surface area contributed by atoms with Gasteiger partial charge in [0.05, 0.1) is 0 Å². The Morgan fingerprint density at radius 3 is 3.05 bits per heavy atom. The van der Waals surface area contributed by atoms with Crippen LogP contribution in [0.15, 0.2) is 33.5 Å². The molecule has 0 aliphatic rings. The number of carboxylic acid groups (broad SMARTS) is 1. The molecule has 5 nitrogen and oxygen atoms in total. The van der Waals surface area contributed by atoms with Crippen molar-refractivity contribution < 1.29 is 9.90 Å². The van der Waals surface area contributed by atoms with Gasteiger partial charge in [-0.2, -0.15) is 0 Å². The molecule has 0 spiro atoms. The van der Waals surface area contributed by atoms with Crippen LogP contribution in [0.2, 0.25) is 0 Å². The van der Waals surface area contributed by atoms with Crippen LogP contribution in [0.1, 0.15) is 16.1 Å². The van der Waals surface area contributed by atoms with Crippen LogP contribution in [-0.2, 0) is 10.5 Å². The second-order valence-electron chi connectivity index (χ2n) is 4.00. The monoisotopic (exact) mass is 308 g/mol. The number of aromatic amines is 1. The third kappa shape index (κ3) is 4.36. The number of aliphatic carboxylic acids is 1. The summed E-state index contributed by atoms with van der Waals surface area (Å²) in [5, 5.41) is 11.0. The summed E-state index contributed by atoms with van der Waals surface area (Å²) in [6.45, 7) is 1.78. The first kappa shape index (κ1) is 14.5. The highest BCUT2D eigenvalue weighted by molar-refractivity contribution is 7.98. The first-order valence-electron chi connectivity index (χ1n) is 5.72. The molecule has 104 valence electrons. The molecule has 0 atom stereocenters. The minimum absolute atomic E-state index is 0.156. The molecule has 0 aliphatic heterocycles. The maximum absolute atomic E-state index is 11.3. The van der Waals surface area contributed by atoms with Crippen molar-refractivity contribution in [3.63, 3.8) is 0 Å². The highest BCUT2D eigenvalue weighted by Gasteiger charge is 2.03. The number of carboxylic acids is 1. The number of hydrogen-bond acceptors (Lipinski definition) is 5. The molecule has 0 unspecified atom stereocenters. The van der Waals surface area contributed by atoms with E-state index >= 15 is 0 Å². The van der Waals surface area contributed by atoms with Crippen LogP contribution in [0.4, 0.5) is 0 Å². The third-order valence-corrected chi connectivity index (χ3v) is 4.35. The lowest BCUT2D eigenvalue weighted by Crippen LogP contribution is -2.07. The van der Waals surface area contributed by atoms with Gasteiger partial charge in [-0.05, 0) is 30.0 Å². The Morgan fingerprint density at radius 1 is 1.55 bits per heavy atom. The number of hydrogen-bond donors (Lipinski definition) is 2. The van der Waals surface area contributed by atoms with Gasteiger partial charge in [-0.1, -0.05) is 11.8 Å². The number of rotatable bonds is 5. The van der Waals surface area contributed by atoms with Gasteiger partial charge in [0.15, 0.2) is 5.16 Å². The number of carbonyl (C=O) groups is 1. The van der Waals surface area contributed by atoms with E-state index in [4.69, 9.17) is 5.11 Å². The van der Waals surface area contributed by atoms with Gasteiger partial charge < -0.3 is 10.1 Å². The lowest BCUT2D eigenvalue weighted by molar-refractivity contribution is -0.131. The summed E-state index contributed by atoms with van der Waals surface area (Å²) < 4.78 is 0. The number of aryl methyl sites for hydroxylation is 1. The van der Waals surface area contributed by atoms with Crippen molar-refractivity contribution in [1.82, 2.24) is 9.97 Å². The van der Waals surface area contributed by atoms with Crippen LogP contribution in [-0.4, -0.2) is 21.0 Å². The molecule has 2 rings (SSSR count). The van der Waals surface area contributed by atoms with Crippen molar-refractivity contribution in [2.24, 2.45) is 0 Å². The Bertz CT molecular complexity index is 704. The standard InChI is InChI=1S/C13H12N2O3S2/c1-8-4-11(16)15-13(14-8)20-7-10-5-9(6-19-10)2-3-12(17)18/h2-6H,7H2,1H3,(H,17,18)(H,14,15,16). The van der Waals surface area contributed by atoms with Crippen LogP contribution in [0.5, 0.6) is 0 Å². The van der Waals surface area contributed by atoms with Gasteiger partial charge in [0.2, 0.25) is 0 Å². The van der Waals surface area contributed by atoms with E-state index in [1.165, 1.54) is 17.8 Å². The van der Waals surface area contributed by atoms with Crippen LogP contribution in [0, 0.1) is 6.92 Å². The molecule has 7 heteroatoms. The van der Waals surface area contributed by atoms with Gasteiger partial charge in [-0.15, -0.1) is 11.3 Å². The fourth-order valence-corrected chi connectivity index (χ4v) is 3.32. The Labute approximate surface area is 123 Å². The number of aromatic nitrogens is 2. The van der Waals surface area contributed by atoms with Crippen molar-refractivity contribution >= 4 is 35.1 Å². The number of nitrogens with zero attached hydrogens (tertiary/aromatic N) is 1. The topological polar surface area (TPSA) is 83.0 Å². The first-order chi connectivity index (χ1) is 9.52. The Kier molecular flexibility index (Phi) is 4.75. The summed E-state index contributed by atoms with van der Waals surface area (Å²) in [6, 6.07) is 3.37. The van der Waals surface area contributed by atoms with Crippen LogP contribution < -0.4 is 5.56 Å². The summed E-state index contributed by atoms with van der Waals surface area (Å²) in [7, 11) is 0. The summed E-state index contributed by atoms with van der Waals surface area (Å²) in [5.74, 6) is -0.286. The minimum atomic E-state index is -0.964. The summed E-state index contributed by atoms with van der Waals surface area (Å²) >= 11 is 2.99. The summed E-state index contributed by atoms with van der Waals surface area (Å²) in [4.78, 5) is 29.7. The molecular weight excluding hydrogens is 296 g/mol. The SMILES string of the molecule is Cc1cc(=O)[nH]c(SCc2cc(C=CC(=O)O)cs2)n1. The highest BCUT2D eigenvalue weighted by Crippen LogP contribution is 2.24. The second-order valence-corrected chi connectivity index (χ2v) is 5.96. The van der Waals surface area contributed by atoms with Crippen molar-refractivity contribution in [1.29, 1.82) is 0 Å². The Balaban J connectivity index is 2.00. The van der Waals surface area contributed by atoms with Gasteiger partial charge in [-0.25, -0.2) is 9.78 Å². The van der Waals surface area contributed by atoms with Gasteiger partial charge in [0, 0.05) is 28.5 Å². The number of thiophene rings is 1. The van der Waals surface area contributed by atoms with E-state index in [-0.39, 0.29) is 5.56 Å². The van der Waals surface area contributed by atoms with Crippen molar-refractivity contribution in [2.45, 2.75) is 17.8 Å². The minimum Gasteiger partial charge on any atom is -0.478 e. The zero-order valence-electron chi connectivity index (χ0n) is 10.6. The fourth-order valence-electron chi connectivity index (χ4n) is 1.49. The van der Waals surface area contributed by atoms with Gasteiger partial charge in [-0.3, -0.25) is 4.79 Å². The average Bonchev–Trinajstić information content (AvgIpc) is 2.81. The van der Waals surface area contributed by atoms with Crippen LogP contribution in [0.3, 0.4) is 0 Å². The predicted octanol–water partition coefficient (Wildman–Crippen LogP) is 2.53. The van der Waals surface area contributed by atoms with Crippen molar-refractivity contribution in [3.8, 4) is 0 Å². The van der Waals surface area contributed by atoms with E-state index in [1.807, 2.05) is 11.4 Å². The Morgan fingerprint density at radius 2 is 2.35 bits per heavy atom. The molecule has 2 aromatic rings. The lowest BCUT2D eigenvalue weighted by Gasteiger charge is -1.99. The Hall–Kier alpha value is -1.86. The molecule has 2 heterocycles. The quantitative estimate of drug-likeness (QED) is 0.504. The molecule has 0 radical (unpaired) electrons. The molecule has 0 saturated heterocycles. The number of thioether (sulfide) groups is 1. The molecule has 2 aromatic heterocycles. The molecule has 0 fully saturated rings. The van der Waals surface area contributed by atoms with Crippen molar-refractivity contribution in [2.75, 3.05) is 0 Å². The zero-order chi connectivity index (χ0) is 14.5. The summed E-state index contributed by atoms with van der Waals surface area (Å²) in [6.07, 6.45) is 2.67. The van der Waals surface area contributed by atoms with E-state index in [9.17, 15) is 9.59 Å². The molecule has 0 amide bonds. The van der Waals surface area contributed by atoms with E-state index in [2.05, 4.69) is 9.97 Å². The van der Waals surface area contributed by atoms with Gasteiger partial charge in [0.25, 0.3) is 5.56 Å². The van der Waals surface area contributed by atoms with Gasteiger partial charge in [0.1, 0.15) is 0 Å². The number of H-pyrrole nitrogens is 1. The van der Waals surface area contributed by atoms with Crippen LogP contribution >= 0.6 is 23.1 Å². The van der Waals surface area contributed by atoms with E-state index < -0.39 is 5.97 Å². The van der Waals surface area contributed by atoms with Crippen molar-refractivity contribution in [3.05, 3.63) is 50.1 Å². The smallest absolute Gasteiger partial charge is 0.328 e. The van der Waals surface area contributed by atoms with E-state index in [0.29, 0.717) is 16.6 Å². The molecule has 0 aliphatic carbocycles. The molecule has 20 heavy (non-hydrogen) atoms. The van der Waals surface area contributed by atoms with Gasteiger partial charge >= 0.3 is 5.97 Å². The zero-order valence-corrected chi connectivity index (χ0v) is 12.3. The molecule has 2 N–H and O–H groups in total. The maximum atomic E-state index is 11.3. The predicted molar refractivity (Wildman–Crippen MR) is 80.1 cm³/mol. The van der Waals surface area contributed by atoms with E-state index in [0.717, 1.165) is 16.5 Å². The molecule has 0 aromatic carbocycles. The maximum Gasteiger partial charge on any atom is 0.328 e. The second kappa shape index (κ2) is 6.53. The molecule has 0 bridgehead atoms. The van der Waals surface area contributed by atoms with E-state index in [1.54, 1.807) is 24.3 Å². The molecule has 0 saturated carbocycles. The first-order valence-corrected chi connectivity index (χ1v) is 7.58. The summed E-state index contributed by atoms with van der Waals surface area (Å²) in [5.41, 5.74) is 1.39. The average molecular weight is 308 g/mol. The third-order valence-electron chi connectivity index (χ3n) is 2.29. The number of nitrogens with one attached hydrogen (secondary N) is 1. The highest BCUT2D eigenvalue weighted by atomic mass is 32.2. The molecular formula is C13H12N2O3S2. The van der Waals surface area contributed by atoms with Crippen LogP contribution in [0.25, 0.3) is 6.08 Å².